The number of benzene rings is 1. The third kappa shape index (κ3) is 2.40. The fraction of sp³-hybridized carbons (Fsp3) is 0.278. The fourth-order valence-electron chi connectivity index (χ4n) is 3.28. The van der Waals surface area contributed by atoms with Gasteiger partial charge in [0.2, 0.25) is 0 Å². The van der Waals surface area contributed by atoms with Crippen molar-refractivity contribution in [2.75, 3.05) is 26.2 Å². The van der Waals surface area contributed by atoms with Gasteiger partial charge in [-0.1, -0.05) is 30.3 Å². The van der Waals surface area contributed by atoms with Crippen molar-refractivity contribution < 1.29 is 0 Å². The molecule has 0 radical (unpaired) electrons. The normalized spacial score (nSPS) is 17.6. The van der Waals surface area contributed by atoms with E-state index in [2.05, 4.69) is 68.4 Å². The highest BCUT2D eigenvalue weighted by Gasteiger charge is 2.24. The SMILES string of the molecule is c1ccc(C(N2CCNCC2)n2ccc3cccnc32)cc1. The third-order valence-corrected chi connectivity index (χ3v) is 4.33. The summed E-state index contributed by atoms with van der Waals surface area (Å²) in [6.07, 6.45) is 4.24. The Hall–Kier alpha value is -2.17. The Morgan fingerprint density at radius 2 is 1.77 bits per heavy atom. The van der Waals surface area contributed by atoms with E-state index in [-0.39, 0.29) is 6.17 Å². The van der Waals surface area contributed by atoms with Crippen molar-refractivity contribution in [1.29, 1.82) is 0 Å². The first-order valence-corrected chi connectivity index (χ1v) is 7.85. The highest BCUT2D eigenvalue weighted by molar-refractivity contribution is 5.76. The van der Waals surface area contributed by atoms with E-state index >= 15 is 0 Å². The van der Waals surface area contributed by atoms with E-state index in [1.54, 1.807) is 0 Å². The second-order valence-electron chi connectivity index (χ2n) is 5.71. The molecular formula is C18H20N4. The monoisotopic (exact) mass is 292 g/mol. The Balaban J connectivity index is 1.83. The van der Waals surface area contributed by atoms with Crippen LogP contribution in [0.5, 0.6) is 0 Å². The number of nitrogens with one attached hydrogen (secondary N) is 1. The summed E-state index contributed by atoms with van der Waals surface area (Å²) in [6.45, 7) is 4.17. The maximum atomic E-state index is 4.60. The zero-order valence-corrected chi connectivity index (χ0v) is 12.5. The van der Waals surface area contributed by atoms with E-state index in [0.717, 1.165) is 31.8 Å². The Bertz CT molecular complexity index is 744. The number of hydrogen-bond acceptors (Lipinski definition) is 3. The van der Waals surface area contributed by atoms with Gasteiger partial charge in [-0.25, -0.2) is 4.98 Å². The van der Waals surface area contributed by atoms with Crippen LogP contribution in [0.2, 0.25) is 0 Å². The summed E-state index contributed by atoms with van der Waals surface area (Å²) >= 11 is 0. The van der Waals surface area contributed by atoms with Crippen LogP contribution in [-0.2, 0) is 0 Å². The van der Waals surface area contributed by atoms with Gasteiger partial charge in [-0.05, 0) is 23.8 Å². The predicted octanol–water partition coefficient (Wildman–Crippen LogP) is 2.49. The molecule has 0 saturated carbocycles. The second-order valence-corrected chi connectivity index (χ2v) is 5.71. The van der Waals surface area contributed by atoms with Gasteiger partial charge in [-0.15, -0.1) is 0 Å². The van der Waals surface area contributed by atoms with Crippen LogP contribution in [0.1, 0.15) is 11.7 Å². The Morgan fingerprint density at radius 1 is 0.955 bits per heavy atom. The summed E-state index contributed by atoms with van der Waals surface area (Å²) in [6, 6.07) is 17.0. The minimum absolute atomic E-state index is 0.204. The van der Waals surface area contributed by atoms with E-state index in [1.165, 1.54) is 10.9 Å². The minimum atomic E-state index is 0.204. The highest BCUT2D eigenvalue weighted by atomic mass is 15.3. The van der Waals surface area contributed by atoms with Crippen molar-refractivity contribution in [2.24, 2.45) is 0 Å². The van der Waals surface area contributed by atoms with E-state index in [1.807, 2.05) is 12.3 Å². The number of piperazine rings is 1. The Morgan fingerprint density at radius 3 is 2.59 bits per heavy atom. The molecule has 0 bridgehead atoms. The summed E-state index contributed by atoms with van der Waals surface area (Å²) in [7, 11) is 0. The van der Waals surface area contributed by atoms with Gasteiger partial charge in [0, 0.05) is 44.0 Å². The Labute approximate surface area is 130 Å². The van der Waals surface area contributed by atoms with Gasteiger partial charge < -0.3 is 9.88 Å². The molecule has 1 aliphatic heterocycles. The van der Waals surface area contributed by atoms with Crippen LogP contribution < -0.4 is 5.32 Å². The molecule has 4 heteroatoms. The fourth-order valence-corrected chi connectivity index (χ4v) is 3.28. The maximum absolute atomic E-state index is 4.60. The number of aromatic nitrogens is 2. The largest absolute Gasteiger partial charge is 0.314 e. The molecule has 1 saturated heterocycles. The van der Waals surface area contributed by atoms with E-state index in [0.29, 0.717) is 0 Å². The van der Waals surface area contributed by atoms with Gasteiger partial charge in [0.25, 0.3) is 0 Å². The summed E-state index contributed by atoms with van der Waals surface area (Å²) in [5.74, 6) is 0. The van der Waals surface area contributed by atoms with Crippen LogP contribution in [-0.4, -0.2) is 40.6 Å². The van der Waals surface area contributed by atoms with Crippen molar-refractivity contribution in [1.82, 2.24) is 19.8 Å². The molecule has 3 aromatic rings. The molecule has 1 aliphatic rings. The van der Waals surface area contributed by atoms with Crippen LogP contribution >= 0.6 is 0 Å². The van der Waals surface area contributed by atoms with E-state index in [9.17, 15) is 0 Å². The quantitative estimate of drug-likeness (QED) is 0.805. The smallest absolute Gasteiger partial charge is 0.141 e. The van der Waals surface area contributed by atoms with E-state index < -0.39 is 0 Å². The van der Waals surface area contributed by atoms with Crippen molar-refractivity contribution >= 4 is 11.0 Å². The lowest BCUT2D eigenvalue weighted by molar-refractivity contribution is 0.154. The first kappa shape index (κ1) is 13.5. The number of hydrogen-bond donors (Lipinski definition) is 1. The molecule has 0 spiro atoms. The molecule has 4 rings (SSSR count). The highest BCUT2D eigenvalue weighted by Crippen LogP contribution is 2.27. The van der Waals surface area contributed by atoms with E-state index in [4.69, 9.17) is 0 Å². The van der Waals surface area contributed by atoms with Crippen LogP contribution in [0.25, 0.3) is 11.0 Å². The standard InChI is InChI=1S/C18H20N4/c1-2-5-16(6-3-1)18(21-13-10-19-11-14-21)22-12-8-15-7-4-9-20-17(15)22/h1-9,12,18-19H,10-11,13-14H2. The van der Waals surface area contributed by atoms with Gasteiger partial charge in [-0.2, -0.15) is 0 Å². The van der Waals surface area contributed by atoms with Crippen molar-refractivity contribution in [3.05, 3.63) is 66.5 Å². The maximum Gasteiger partial charge on any atom is 0.141 e. The number of pyridine rings is 1. The van der Waals surface area contributed by atoms with Gasteiger partial charge >= 0.3 is 0 Å². The summed E-state index contributed by atoms with van der Waals surface area (Å²) in [4.78, 5) is 7.13. The first-order valence-electron chi connectivity index (χ1n) is 7.85. The summed E-state index contributed by atoms with van der Waals surface area (Å²) in [5.41, 5.74) is 2.36. The molecule has 0 aliphatic carbocycles. The first-order chi connectivity index (χ1) is 10.9. The van der Waals surface area contributed by atoms with Crippen molar-refractivity contribution in [2.45, 2.75) is 6.17 Å². The molecule has 2 aromatic heterocycles. The topological polar surface area (TPSA) is 33.1 Å². The minimum Gasteiger partial charge on any atom is -0.314 e. The summed E-state index contributed by atoms with van der Waals surface area (Å²) in [5, 5.41) is 4.63. The molecule has 4 nitrogen and oxygen atoms in total. The molecule has 0 amide bonds. The van der Waals surface area contributed by atoms with Crippen LogP contribution in [0.15, 0.2) is 60.9 Å². The predicted molar refractivity (Wildman–Crippen MR) is 88.8 cm³/mol. The Kier molecular flexibility index (Phi) is 3.62. The van der Waals surface area contributed by atoms with Crippen LogP contribution in [0.4, 0.5) is 0 Å². The van der Waals surface area contributed by atoms with Gasteiger partial charge in [0.1, 0.15) is 11.8 Å². The average molecular weight is 292 g/mol. The molecule has 1 aromatic carbocycles. The molecule has 1 atom stereocenters. The van der Waals surface area contributed by atoms with Crippen molar-refractivity contribution in [3.63, 3.8) is 0 Å². The zero-order chi connectivity index (χ0) is 14.8. The van der Waals surface area contributed by atoms with Gasteiger partial charge in [0.05, 0.1) is 0 Å². The van der Waals surface area contributed by atoms with Crippen LogP contribution in [0, 0.1) is 0 Å². The molecule has 1 unspecified atom stereocenters. The molecule has 3 heterocycles. The number of fused-ring (bicyclic) bond motifs is 1. The zero-order valence-electron chi connectivity index (χ0n) is 12.5. The second kappa shape index (κ2) is 5.91. The van der Waals surface area contributed by atoms with Crippen molar-refractivity contribution in [3.8, 4) is 0 Å². The van der Waals surface area contributed by atoms with Crippen LogP contribution in [0.3, 0.4) is 0 Å². The molecule has 1 fully saturated rings. The molecular weight excluding hydrogens is 272 g/mol. The average Bonchev–Trinajstić information content (AvgIpc) is 3.01. The summed E-state index contributed by atoms with van der Waals surface area (Å²) < 4.78 is 2.30. The molecule has 1 N–H and O–H groups in total. The number of rotatable bonds is 3. The van der Waals surface area contributed by atoms with Gasteiger partial charge in [-0.3, -0.25) is 4.90 Å². The number of nitrogens with zero attached hydrogens (tertiary/aromatic N) is 3. The lowest BCUT2D eigenvalue weighted by Crippen LogP contribution is -2.46. The lowest BCUT2D eigenvalue weighted by Gasteiger charge is -2.36. The van der Waals surface area contributed by atoms with Gasteiger partial charge in [0.15, 0.2) is 0 Å². The third-order valence-electron chi connectivity index (χ3n) is 4.33. The molecule has 112 valence electrons. The molecule has 22 heavy (non-hydrogen) atoms. The lowest BCUT2D eigenvalue weighted by atomic mass is 10.1.